The summed E-state index contributed by atoms with van der Waals surface area (Å²) < 4.78 is 22.3. The minimum absolute atomic E-state index is 0.407. The zero-order valence-electron chi connectivity index (χ0n) is 9.88. The monoisotopic (exact) mass is 256 g/mol. The fraction of sp³-hybridized carbons (Fsp3) is 0.455. The normalized spacial score (nSPS) is 13.1. The van der Waals surface area contributed by atoms with Gasteiger partial charge in [-0.1, -0.05) is 6.07 Å². The Balaban J connectivity index is 2.40. The molecule has 1 aromatic rings. The van der Waals surface area contributed by atoms with Crippen LogP contribution in [0.25, 0.3) is 0 Å². The molecule has 0 aliphatic heterocycles. The summed E-state index contributed by atoms with van der Waals surface area (Å²) in [5, 5.41) is 1.59. The number of carbonyl (C=O) groups is 1. The first-order valence-corrected chi connectivity index (χ1v) is 7.22. The van der Waals surface area contributed by atoms with Crippen LogP contribution < -0.4 is 5.32 Å². The fourth-order valence-electron chi connectivity index (χ4n) is 1.21. The summed E-state index contributed by atoms with van der Waals surface area (Å²) >= 11 is 0. The van der Waals surface area contributed by atoms with Crippen LogP contribution in [0.1, 0.15) is 12.5 Å². The molecule has 17 heavy (non-hydrogen) atoms. The van der Waals surface area contributed by atoms with Gasteiger partial charge in [0.2, 0.25) is 5.91 Å². The van der Waals surface area contributed by atoms with Gasteiger partial charge in [0.1, 0.15) is 5.25 Å². The largest absolute Gasteiger partial charge is 0.355 e. The molecule has 1 aromatic heterocycles. The quantitative estimate of drug-likeness (QED) is 0.815. The maximum absolute atomic E-state index is 11.5. The first kappa shape index (κ1) is 13.6. The van der Waals surface area contributed by atoms with Crippen LogP contribution in [0.3, 0.4) is 0 Å². The van der Waals surface area contributed by atoms with Gasteiger partial charge in [-0.05, 0) is 25.0 Å². The maximum atomic E-state index is 11.5. The van der Waals surface area contributed by atoms with Gasteiger partial charge in [-0.2, -0.15) is 0 Å². The Bertz CT molecular complexity index is 471. The highest BCUT2D eigenvalue weighted by Gasteiger charge is 2.22. The van der Waals surface area contributed by atoms with E-state index >= 15 is 0 Å². The van der Waals surface area contributed by atoms with Gasteiger partial charge in [0.05, 0.1) is 0 Å². The predicted molar refractivity (Wildman–Crippen MR) is 65.3 cm³/mol. The molecule has 1 rings (SSSR count). The van der Waals surface area contributed by atoms with Crippen molar-refractivity contribution in [3.63, 3.8) is 0 Å². The fourth-order valence-corrected chi connectivity index (χ4v) is 1.69. The Morgan fingerprint density at radius 2 is 2.24 bits per heavy atom. The van der Waals surface area contributed by atoms with Crippen molar-refractivity contribution < 1.29 is 13.2 Å². The number of nitrogens with one attached hydrogen (secondary N) is 1. The second kappa shape index (κ2) is 5.77. The van der Waals surface area contributed by atoms with E-state index in [1.807, 2.05) is 12.1 Å². The van der Waals surface area contributed by atoms with Crippen molar-refractivity contribution in [3.05, 3.63) is 30.1 Å². The molecule has 0 radical (unpaired) electrons. The second-order valence-electron chi connectivity index (χ2n) is 3.87. The molecule has 0 aliphatic carbocycles. The molecule has 1 amide bonds. The minimum Gasteiger partial charge on any atom is -0.355 e. The number of sulfone groups is 1. The molecule has 0 spiro atoms. The lowest BCUT2D eigenvalue weighted by Crippen LogP contribution is -2.38. The standard InChI is InChI=1S/C11H16N2O3S/c1-9(17(2,15)16)11(14)13-7-5-10-4-3-6-12-8-10/h3-4,6,8-9H,5,7H2,1-2H3,(H,13,14)/t9-/m0/s1. The van der Waals surface area contributed by atoms with E-state index in [-0.39, 0.29) is 0 Å². The number of carbonyl (C=O) groups excluding carboxylic acids is 1. The summed E-state index contributed by atoms with van der Waals surface area (Å²) in [5.74, 6) is -0.462. The number of hydrogen-bond donors (Lipinski definition) is 1. The van der Waals surface area contributed by atoms with E-state index in [1.165, 1.54) is 6.92 Å². The highest BCUT2D eigenvalue weighted by molar-refractivity contribution is 7.92. The van der Waals surface area contributed by atoms with Crippen molar-refractivity contribution in [2.45, 2.75) is 18.6 Å². The maximum Gasteiger partial charge on any atom is 0.238 e. The van der Waals surface area contributed by atoms with Gasteiger partial charge < -0.3 is 5.32 Å². The minimum atomic E-state index is -3.32. The van der Waals surface area contributed by atoms with Gasteiger partial charge in [-0.3, -0.25) is 9.78 Å². The van der Waals surface area contributed by atoms with E-state index in [0.717, 1.165) is 11.8 Å². The van der Waals surface area contributed by atoms with Crippen LogP contribution in [0, 0.1) is 0 Å². The first-order chi connectivity index (χ1) is 7.91. The van der Waals surface area contributed by atoms with Crippen LogP contribution in [-0.4, -0.2) is 37.4 Å². The van der Waals surface area contributed by atoms with Gasteiger partial charge in [-0.15, -0.1) is 0 Å². The third-order valence-corrected chi connectivity index (χ3v) is 3.95. The molecular weight excluding hydrogens is 240 g/mol. The third kappa shape index (κ3) is 4.52. The van der Waals surface area contributed by atoms with Gasteiger partial charge in [0, 0.05) is 25.2 Å². The van der Waals surface area contributed by atoms with Crippen molar-refractivity contribution in [2.75, 3.05) is 12.8 Å². The van der Waals surface area contributed by atoms with Gasteiger partial charge in [-0.25, -0.2) is 8.42 Å². The zero-order chi connectivity index (χ0) is 12.9. The van der Waals surface area contributed by atoms with Crippen molar-refractivity contribution >= 4 is 15.7 Å². The molecule has 5 nitrogen and oxygen atoms in total. The van der Waals surface area contributed by atoms with Crippen molar-refractivity contribution in [1.29, 1.82) is 0 Å². The first-order valence-electron chi connectivity index (χ1n) is 5.26. The summed E-state index contributed by atoms with van der Waals surface area (Å²) in [4.78, 5) is 15.4. The third-order valence-electron chi connectivity index (χ3n) is 2.45. The number of hydrogen-bond acceptors (Lipinski definition) is 4. The molecule has 0 fully saturated rings. The van der Waals surface area contributed by atoms with Crippen LogP contribution >= 0.6 is 0 Å². The Morgan fingerprint density at radius 3 is 2.76 bits per heavy atom. The van der Waals surface area contributed by atoms with Crippen LogP contribution in [0.2, 0.25) is 0 Å². The Labute approximate surface area is 101 Å². The van der Waals surface area contributed by atoms with E-state index in [2.05, 4.69) is 10.3 Å². The SMILES string of the molecule is C[C@@H](C(=O)NCCc1cccnc1)S(C)(=O)=O. The Morgan fingerprint density at radius 1 is 1.53 bits per heavy atom. The molecule has 0 saturated heterocycles. The van der Waals surface area contributed by atoms with Crippen molar-refractivity contribution in [1.82, 2.24) is 10.3 Å². The predicted octanol–water partition coefficient (Wildman–Crippen LogP) is 0.173. The van der Waals surface area contributed by atoms with Crippen molar-refractivity contribution in [2.24, 2.45) is 0 Å². The summed E-state index contributed by atoms with van der Waals surface area (Å²) in [5.41, 5.74) is 1.000. The molecule has 0 aliphatic rings. The molecule has 0 saturated carbocycles. The molecule has 0 unspecified atom stereocenters. The van der Waals surface area contributed by atoms with Crippen LogP contribution in [0.15, 0.2) is 24.5 Å². The lowest BCUT2D eigenvalue weighted by Gasteiger charge is -2.10. The van der Waals surface area contributed by atoms with E-state index in [4.69, 9.17) is 0 Å². The number of nitrogens with zero attached hydrogens (tertiary/aromatic N) is 1. The highest BCUT2D eigenvalue weighted by atomic mass is 32.2. The second-order valence-corrected chi connectivity index (χ2v) is 6.24. The van der Waals surface area contributed by atoms with Crippen LogP contribution in [0.5, 0.6) is 0 Å². The van der Waals surface area contributed by atoms with Gasteiger partial charge >= 0.3 is 0 Å². The number of rotatable bonds is 5. The highest BCUT2D eigenvalue weighted by Crippen LogP contribution is 1.99. The molecule has 94 valence electrons. The van der Waals surface area contributed by atoms with E-state index < -0.39 is 21.0 Å². The number of aromatic nitrogens is 1. The molecule has 0 aromatic carbocycles. The molecule has 1 heterocycles. The zero-order valence-corrected chi connectivity index (χ0v) is 10.7. The molecule has 0 bridgehead atoms. The van der Waals surface area contributed by atoms with Gasteiger partial charge in [0.15, 0.2) is 9.84 Å². The topological polar surface area (TPSA) is 76.1 Å². The van der Waals surface area contributed by atoms with E-state index in [1.54, 1.807) is 12.4 Å². The van der Waals surface area contributed by atoms with E-state index in [9.17, 15) is 13.2 Å². The molecule has 6 heteroatoms. The van der Waals surface area contributed by atoms with Crippen LogP contribution in [0.4, 0.5) is 0 Å². The van der Waals surface area contributed by atoms with Crippen molar-refractivity contribution in [3.8, 4) is 0 Å². The Hall–Kier alpha value is -1.43. The Kier molecular flexibility index (Phi) is 4.62. The average Bonchev–Trinajstić information content (AvgIpc) is 2.28. The summed E-state index contributed by atoms with van der Waals surface area (Å²) in [6.45, 7) is 1.79. The lowest BCUT2D eigenvalue weighted by atomic mass is 10.2. The molecular formula is C11H16N2O3S. The van der Waals surface area contributed by atoms with Gasteiger partial charge in [0.25, 0.3) is 0 Å². The summed E-state index contributed by atoms with van der Waals surface area (Å²) in [6.07, 6.45) is 5.08. The molecule has 1 atom stereocenters. The van der Waals surface area contributed by atoms with E-state index in [0.29, 0.717) is 13.0 Å². The van der Waals surface area contributed by atoms with Crippen LogP contribution in [-0.2, 0) is 21.1 Å². The average molecular weight is 256 g/mol. The summed E-state index contributed by atoms with van der Waals surface area (Å²) in [6, 6.07) is 3.72. The lowest BCUT2D eigenvalue weighted by molar-refractivity contribution is -0.120. The molecule has 1 N–H and O–H groups in total. The number of amides is 1. The number of pyridine rings is 1. The summed E-state index contributed by atoms with van der Waals surface area (Å²) in [7, 11) is -3.32. The smallest absolute Gasteiger partial charge is 0.238 e.